The molecule has 44 heavy (non-hydrogen) atoms. The lowest BCUT2D eigenvalue weighted by Gasteiger charge is -2.34. The molecule has 0 saturated heterocycles. The standard InChI is InChI=1S/C43H31N/c44-38-27-23-33(24-28-38)31-17-19-34(20-18-31)35-11-8-12-37(29-35)43(36-25-21-32(22-26-36)30-9-2-1-3-10-30)41-15-6-4-13-39(41)40-14-5-7-16-42(40)43/h1-29H,44H2. The predicted molar refractivity (Wildman–Crippen MR) is 184 cm³/mol. The quantitative estimate of drug-likeness (QED) is 0.208. The lowest BCUT2D eigenvalue weighted by atomic mass is 9.67. The molecule has 0 atom stereocenters. The first-order valence-corrected chi connectivity index (χ1v) is 15.1. The second-order valence-electron chi connectivity index (χ2n) is 11.6. The summed E-state index contributed by atoms with van der Waals surface area (Å²) in [6.07, 6.45) is 0. The van der Waals surface area contributed by atoms with Gasteiger partial charge in [-0.05, 0) is 85.0 Å². The highest BCUT2D eigenvalue weighted by Crippen LogP contribution is 2.56. The molecule has 0 heterocycles. The number of benzene rings is 7. The first kappa shape index (κ1) is 26.0. The predicted octanol–water partition coefficient (Wildman–Crippen LogP) is 10.6. The van der Waals surface area contributed by atoms with Crippen LogP contribution in [0.5, 0.6) is 0 Å². The maximum Gasteiger partial charge on any atom is 0.0713 e. The molecule has 0 spiro atoms. The summed E-state index contributed by atoms with van der Waals surface area (Å²) in [5.74, 6) is 0. The molecular weight excluding hydrogens is 530 g/mol. The summed E-state index contributed by atoms with van der Waals surface area (Å²) < 4.78 is 0. The van der Waals surface area contributed by atoms with Crippen molar-refractivity contribution in [1.29, 1.82) is 0 Å². The van der Waals surface area contributed by atoms with E-state index >= 15 is 0 Å². The van der Waals surface area contributed by atoms with E-state index in [1.54, 1.807) is 0 Å². The van der Waals surface area contributed by atoms with Crippen molar-refractivity contribution in [2.75, 3.05) is 5.73 Å². The van der Waals surface area contributed by atoms with Gasteiger partial charge in [0.1, 0.15) is 0 Å². The highest BCUT2D eigenvalue weighted by Gasteiger charge is 2.45. The van der Waals surface area contributed by atoms with Gasteiger partial charge in [0, 0.05) is 5.69 Å². The summed E-state index contributed by atoms with van der Waals surface area (Å²) in [6.45, 7) is 0. The molecule has 1 aliphatic carbocycles. The summed E-state index contributed by atoms with van der Waals surface area (Å²) in [4.78, 5) is 0. The molecule has 208 valence electrons. The van der Waals surface area contributed by atoms with Gasteiger partial charge in [-0.1, -0.05) is 158 Å². The first-order valence-electron chi connectivity index (χ1n) is 15.1. The Morgan fingerprint density at radius 3 is 1.34 bits per heavy atom. The highest BCUT2D eigenvalue weighted by atomic mass is 14.5. The van der Waals surface area contributed by atoms with E-state index in [1.165, 1.54) is 61.2 Å². The van der Waals surface area contributed by atoms with E-state index < -0.39 is 5.41 Å². The Bertz CT molecular complexity index is 2040. The minimum Gasteiger partial charge on any atom is -0.399 e. The molecule has 0 radical (unpaired) electrons. The Labute approximate surface area is 258 Å². The van der Waals surface area contributed by atoms with E-state index in [0.29, 0.717) is 0 Å². The molecule has 0 aromatic heterocycles. The maximum absolute atomic E-state index is 5.92. The van der Waals surface area contributed by atoms with Crippen molar-refractivity contribution in [3.05, 3.63) is 198 Å². The van der Waals surface area contributed by atoms with Crippen LogP contribution in [0.1, 0.15) is 22.3 Å². The Hall–Kier alpha value is -5.66. The number of nitrogens with two attached hydrogens (primary N) is 1. The summed E-state index contributed by atoms with van der Waals surface area (Å²) >= 11 is 0. The largest absolute Gasteiger partial charge is 0.399 e. The van der Waals surface area contributed by atoms with Crippen LogP contribution in [0.3, 0.4) is 0 Å². The average molecular weight is 562 g/mol. The maximum atomic E-state index is 5.92. The molecule has 0 aliphatic heterocycles. The highest BCUT2D eigenvalue weighted by molar-refractivity contribution is 5.87. The SMILES string of the molecule is Nc1ccc(-c2ccc(-c3cccc(C4(c5ccc(-c6ccccc6)cc5)c5ccccc5-c5ccccc54)c3)cc2)cc1. The van der Waals surface area contributed by atoms with Crippen molar-refractivity contribution in [2.24, 2.45) is 0 Å². The van der Waals surface area contributed by atoms with E-state index in [4.69, 9.17) is 5.73 Å². The van der Waals surface area contributed by atoms with Crippen LogP contribution < -0.4 is 5.73 Å². The van der Waals surface area contributed by atoms with Crippen LogP contribution in [0.15, 0.2) is 176 Å². The molecule has 7 aromatic rings. The Kier molecular flexibility index (Phi) is 6.24. The zero-order valence-electron chi connectivity index (χ0n) is 24.3. The minimum atomic E-state index is -0.442. The summed E-state index contributed by atoms with van der Waals surface area (Å²) in [5, 5.41) is 0. The van der Waals surface area contributed by atoms with Crippen molar-refractivity contribution in [3.8, 4) is 44.5 Å². The van der Waals surface area contributed by atoms with Gasteiger partial charge in [-0.15, -0.1) is 0 Å². The summed E-state index contributed by atoms with van der Waals surface area (Å²) in [7, 11) is 0. The van der Waals surface area contributed by atoms with Gasteiger partial charge in [-0.2, -0.15) is 0 Å². The van der Waals surface area contributed by atoms with Crippen molar-refractivity contribution >= 4 is 5.69 Å². The molecule has 1 nitrogen and oxygen atoms in total. The fourth-order valence-electron chi connectivity index (χ4n) is 7.03. The zero-order chi connectivity index (χ0) is 29.5. The molecule has 7 aromatic carbocycles. The van der Waals surface area contributed by atoms with Gasteiger partial charge in [-0.3, -0.25) is 0 Å². The molecule has 1 heteroatoms. The third-order valence-electron chi connectivity index (χ3n) is 9.14. The minimum absolute atomic E-state index is 0.442. The van der Waals surface area contributed by atoms with Gasteiger partial charge in [0.05, 0.1) is 5.41 Å². The van der Waals surface area contributed by atoms with Crippen molar-refractivity contribution < 1.29 is 0 Å². The van der Waals surface area contributed by atoms with Crippen LogP contribution in [0.4, 0.5) is 5.69 Å². The van der Waals surface area contributed by atoms with Crippen molar-refractivity contribution in [3.63, 3.8) is 0 Å². The third kappa shape index (κ3) is 4.17. The molecule has 0 saturated carbocycles. The van der Waals surface area contributed by atoms with E-state index in [9.17, 15) is 0 Å². The number of anilines is 1. The Morgan fingerprint density at radius 1 is 0.318 bits per heavy atom. The van der Waals surface area contributed by atoms with Crippen LogP contribution >= 0.6 is 0 Å². The van der Waals surface area contributed by atoms with Gasteiger partial charge in [-0.25, -0.2) is 0 Å². The van der Waals surface area contributed by atoms with E-state index in [2.05, 4.69) is 164 Å². The van der Waals surface area contributed by atoms with Gasteiger partial charge in [0.2, 0.25) is 0 Å². The molecule has 0 amide bonds. The molecule has 0 unspecified atom stereocenters. The van der Waals surface area contributed by atoms with Gasteiger partial charge in [0.15, 0.2) is 0 Å². The number of rotatable bonds is 5. The number of nitrogen functional groups attached to an aromatic ring is 1. The molecule has 8 rings (SSSR count). The Morgan fingerprint density at radius 2 is 0.750 bits per heavy atom. The lowest BCUT2D eigenvalue weighted by Crippen LogP contribution is -2.28. The van der Waals surface area contributed by atoms with Crippen molar-refractivity contribution in [2.45, 2.75) is 5.41 Å². The number of hydrogen-bond acceptors (Lipinski definition) is 1. The second-order valence-corrected chi connectivity index (χ2v) is 11.6. The molecule has 1 aliphatic rings. The first-order chi connectivity index (χ1) is 21.7. The zero-order valence-corrected chi connectivity index (χ0v) is 24.3. The normalized spacial score (nSPS) is 12.8. The fourth-order valence-corrected chi connectivity index (χ4v) is 7.03. The van der Waals surface area contributed by atoms with E-state index in [1.807, 2.05) is 12.1 Å². The summed E-state index contributed by atoms with van der Waals surface area (Å²) in [5.41, 5.74) is 21.2. The van der Waals surface area contributed by atoms with Crippen LogP contribution in [-0.2, 0) is 5.41 Å². The van der Waals surface area contributed by atoms with Crippen LogP contribution in [0, 0.1) is 0 Å². The second kappa shape index (κ2) is 10.6. The average Bonchev–Trinajstić information content (AvgIpc) is 3.40. The lowest BCUT2D eigenvalue weighted by molar-refractivity contribution is 0.769. The molecular formula is C43H31N. The van der Waals surface area contributed by atoms with E-state index in [0.717, 1.165) is 11.3 Å². The van der Waals surface area contributed by atoms with Crippen molar-refractivity contribution in [1.82, 2.24) is 0 Å². The smallest absolute Gasteiger partial charge is 0.0713 e. The molecule has 2 N–H and O–H groups in total. The van der Waals surface area contributed by atoms with Gasteiger partial charge >= 0.3 is 0 Å². The van der Waals surface area contributed by atoms with Crippen LogP contribution in [-0.4, -0.2) is 0 Å². The van der Waals surface area contributed by atoms with Gasteiger partial charge in [0.25, 0.3) is 0 Å². The number of hydrogen-bond donors (Lipinski definition) is 1. The van der Waals surface area contributed by atoms with Crippen LogP contribution in [0.2, 0.25) is 0 Å². The topological polar surface area (TPSA) is 26.0 Å². The molecule has 0 fully saturated rings. The summed E-state index contributed by atoms with van der Waals surface area (Å²) in [6, 6.07) is 63.7. The third-order valence-corrected chi connectivity index (χ3v) is 9.14. The van der Waals surface area contributed by atoms with E-state index in [-0.39, 0.29) is 0 Å². The Balaban J connectivity index is 1.30. The molecule has 0 bridgehead atoms. The number of fused-ring (bicyclic) bond motifs is 3. The van der Waals surface area contributed by atoms with Crippen LogP contribution in [0.25, 0.3) is 44.5 Å². The fraction of sp³-hybridized carbons (Fsp3) is 0.0233. The monoisotopic (exact) mass is 561 g/mol. The van der Waals surface area contributed by atoms with Gasteiger partial charge < -0.3 is 5.73 Å².